The number of benzene rings is 1. The van der Waals surface area contributed by atoms with Crippen molar-refractivity contribution in [1.29, 1.82) is 0 Å². The number of rotatable bonds is 5. The van der Waals surface area contributed by atoms with Gasteiger partial charge in [0.1, 0.15) is 0 Å². The molecule has 0 bridgehead atoms. The minimum atomic E-state index is 0.393. The molecule has 0 saturated carbocycles. The highest BCUT2D eigenvalue weighted by molar-refractivity contribution is 9.10. The highest BCUT2D eigenvalue weighted by Crippen LogP contribution is 2.17. The first-order chi connectivity index (χ1) is 8.67. The average molecular weight is 329 g/mol. The Balaban J connectivity index is 1.99. The van der Waals surface area contributed by atoms with Crippen molar-refractivity contribution in [1.82, 2.24) is 15.0 Å². The van der Waals surface area contributed by atoms with Crippen LogP contribution in [0.15, 0.2) is 34.9 Å². The molecule has 1 atom stereocenters. The number of halogens is 2. The van der Waals surface area contributed by atoms with Gasteiger partial charge in [-0.25, -0.2) is 0 Å². The second kappa shape index (κ2) is 6.34. The van der Waals surface area contributed by atoms with Crippen LogP contribution in [0.1, 0.15) is 11.3 Å². The lowest BCUT2D eigenvalue weighted by molar-refractivity contribution is 0.574. The van der Waals surface area contributed by atoms with E-state index in [-0.39, 0.29) is 0 Å². The van der Waals surface area contributed by atoms with Crippen molar-refractivity contribution in [3.63, 3.8) is 0 Å². The van der Waals surface area contributed by atoms with Crippen LogP contribution in [0, 0.1) is 5.92 Å². The molecule has 0 aliphatic carbocycles. The summed E-state index contributed by atoms with van der Waals surface area (Å²) in [7, 11) is 1.88. The van der Waals surface area contributed by atoms with Crippen molar-refractivity contribution in [2.75, 3.05) is 5.88 Å². The van der Waals surface area contributed by atoms with Gasteiger partial charge in [-0.1, -0.05) is 33.3 Å². The largest absolute Gasteiger partial charge is 0.255 e. The number of aryl methyl sites for hydroxylation is 1. The maximum Gasteiger partial charge on any atom is 0.0830 e. The third-order valence-corrected chi connectivity index (χ3v) is 3.77. The first-order valence-electron chi connectivity index (χ1n) is 5.83. The van der Waals surface area contributed by atoms with Gasteiger partial charge in [-0.15, -0.1) is 16.7 Å². The molecule has 2 aromatic rings. The van der Waals surface area contributed by atoms with Crippen LogP contribution in [-0.4, -0.2) is 20.9 Å². The monoisotopic (exact) mass is 327 g/mol. The maximum atomic E-state index is 6.04. The molecule has 0 radical (unpaired) electrons. The highest BCUT2D eigenvalue weighted by Gasteiger charge is 2.12. The molecule has 0 aliphatic rings. The Morgan fingerprint density at radius 2 is 2.00 bits per heavy atom. The van der Waals surface area contributed by atoms with E-state index in [4.69, 9.17) is 11.6 Å². The zero-order valence-corrected chi connectivity index (χ0v) is 12.5. The summed E-state index contributed by atoms with van der Waals surface area (Å²) in [4.78, 5) is 0. The maximum absolute atomic E-state index is 6.04. The van der Waals surface area contributed by atoms with Crippen LogP contribution in [-0.2, 0) is 19.9 Å². The Kier molecular flexibility index (Phi) is 4.78. The summed E-state index contributed by atoms with van der Waals surface area (Å²) in [5.41, 5.74) is 2.30. The third kappa shape index (κ3) is 3.82. The van der Waals surface area contributed by atoms with Gasteiger partial charge in [0, 0.05) is 23.6 Å². The summed E-state index contributed by atoms with van der Waals surface area (Å²) >= 11 is 9.48. The topological polar surface area (TPSA) is 30.7 Å². The van der Waals surface area contributed by atoms with Gasteiger partial charge in [0.25, 0.3) is 0 Å². The van der Waals surface area contributed by atoms with Crippen LogP contribution in [0.2, 0.25) is 0 Å². The smallest absolute Gasteiger partial charge is 0.0830 e. The van der Waals surface area contributed by atoms with Gasteiger partial charge in [0.05, 0.1) is 5.69 Å². The van der Waals surface area contributed by atoms with E-state index in [0.717, 1.165) is 23.0 Å². The van der Waals surface area contributed by atoms with Crippen molar-refractivity contribution in [2.45, 2.75) is 12.8 Å². The van der Waals surface area contributed by atoms with Crippen molar-refractivity contribution >= 4 is 27.5 Å². The minimum Gasteiger partial charge on any atom is -0.255 e. The quantitative estimate of drug-likeness (QED) is 0.789. The molecule has 0 spiro atoms. The van der Waals surface area contributed by atoms with E-state index in [1.165, 1.54) is 5.56 Å². The molecule has 5 heteroatoms. The molecule has 0 amide bonds. The number of nitrogens with zero attached hydrogens (tertiary/aromatic N) is 3. The third-order valence-electron chi connectivity index (χ3n) is 2.80. The highest BCUT2D eigenvalue weighted by atomic mass is 79.9. The van der Waals surface area contributed by atoms with E-state index in [2.05, 4.69) is 50.5 Å². The van der Waals surface area contributed by atoms with Crippen LogP contribution in [0.25, 0.3) is 0 Å². The zero-order chi connectivity index (χ0) is 13.0. The SMILES string of the molecule is Cn1cc(CC(CCl)Cc2ccc(Br)cc2)nn1. The Bertz CT molecular complexity index is 495. The molecule has 0 saturated heterocycles. The zero-order valence-electron chi connectivity index (χ0n) is 10.2. The van der Waals surface area contributed by atoms with Crippen molar-refractivity contribution in [3.05, 3.63) is 46.2 Å². The summed E-state index contributed by atoms with van der Waals surface area (Å²) in [6.07, 6.45) is 3.78. The number of hydrogen-bond donors (Lipinski definition) is 0. The van der Waals surface area contributed by atoms with Gasteiger partial charge in [0.2, 0.25) is 0 Å². The fourth-order valence-electron chi connectivity index (χ4n) is 1.92. The van der Waals surface area contributed by atoms with Crippen LogP contribution in [0.4, 0.5) is 0 Å². The normalized spacial score (nSPS) is 12.6. The number of hydrogen-bond acceptors (Lipinski definition) is 2. The number of aromatic nitrogens is 3. The first-order valence-corrected chi connectivity index (χ1v) is 7.15. The average Bonchev–Trinajstić information content (AvgIpc) is 2.77. The van der Waals surface area contributed by atoms with Crippen molar-refractivity contribution in [3.8, 4) is 0 Å². The summed E-state index contributed by atoms with van der Waals surface area (Å²) in [5, 5.41) is 8.05. The summed E-state index contributed by atoms with van der Waals surface area (Å²) < 4.78 is 2.82. The van der Waals surface area contributed by atoms with E-state index in [0.29, 0.717) is 11.8 Å². The van der Waals surface area contributed by atoms with E-state index in [1.807, 2.05) is 13.2 Å². The van der Waals surface area contributed by atoms with Gasteiger partial charge in [-0.05, 0) is 36.5 Å². The summed E-state index contributed by atoms with van der Waals surface area (Å²) in [5.74, 6) is 1.02. The summed E-state index contributed by atoms with van der Waals surface area (Å²) in [6, 6.07) is 8.37. The van der Waals surface area contributed by atoms with Crippen LogP contribution in [0.3, 0.4) is 0 Å². The van der Waals surface area contributed by atoms with Gasteiger partial charge in [0.15, 0.2) is 0 Å². The van der Waals surface area contributed by atoms with Crippen molar-refractivity contribution in [2.24, 2.45) is 13.0 Å². The van der Waals surface area contributed by atoms with Crippen LogP contribution < -0.4 is 0 Å². The first kappa shape index (κ1) is 13.6. The Labute approximate surface area is 120 Å². The fraction of sp³-hybridized carbons (Fsp3) is 0.385. The molecular weight excluding hydrogens is 314 g/mol. The lowest BCUT2D eigenvalue weighted by Gasteiger charge is -2.12. The lowest BCUT2D eigenvalue weighted by Crippen LogP contribution is -2.10. The van der Waals surface area contributed by atoms with Gasteiger partial charge in [-0.2, -0.15) is 0 Å². The molecular formula is C13H15BrClN3. The lowest BCUT2D eigenvalue weighted by atomic mass is 9.97. The molecule has 2 rings (SSSR count). The molecule has 0 fully saturated rings. The predicted molar refractivity (Wildman–Crippen MR) is 76.8 cm³/mol. The summed E-state index contributed by atoms with van der Waals surface area (Å²) in [6.45, 7) is 0. The molecule has 0 aliphatic heterocycles. The molecule has 1 unspecified atom stereocenters. The van der Waals surface area contributed by atoms with E-state index >= 15 is 0 Å². The Morgan fingerprint density at radius 1 is 1.28 bits per heavy atom. The molecule has 1 aromatic heterocycles. The minimum absolute atomic E-state index is 0.393. The Hall–Kier alpha value is -0.870. The van der Waals surface area contributed by atoms with Crippen LogP contribution in [0.5, 0.6) is 0 Å². The molecule has 1 heterocycles. The fourth-order valence-corrected chi connectivity index (χ4v) is 2.40. The van der Waals surface area contributed by atoms with Crippen LogP contribution >= 0.6 is 27.5 Å². The van der Waals surface area contributed by atoms with Gasteiger partial charge in [-0.3, -0.25) is 4.68 Å². The van der Waals surface area contributed by atoms with Crippen molar-refractivity contribution < 1.29 is 0 Å². The Morgan fingerprint density at radius 3 is 2.56 bits per heavy atom. The number of alkyl halides is 1. The predicted octanol–water partition coefficient (Wildman–Crippen LogP) is 3.22. The van der Waals surface area contributed by atoms with E-state index in [9.17, 15) is 0 Å². The second-order valence-corrected chi connectivity index (χ2v) is 5.66. The molecule has 18 heavy (non-hydrogen) atoms. The van der Waals surface area contributed by atoms with Gasteiger partial charge >= 0.3 is 0 Å². The van der Waals surface area contributed by atoms with Gasteiger partial charge < -0.3 is 0 Å². The molecule has 1 aromatic carbocycles. The van der Waals surface area contributed by atoms with E-state index < -0.39 is 0 Å². The second-order valence-electron chi connectivity index (χ2n) is 4.44. The molecule has 96 valence electrons. The standard InChI is InChI=1S/C13H15BrClN3/c1-18-9-13(16-17-18)7-11(8-15)6-10-2-4-12(14)5-3-10/h2-5,9,11H,6-8H2,1H3. The van der Waals surface area contributed by atoms with E-state index in [1.54, 1.807) is 4.68 Å². The molecule has 0 N–H and O–H groups in total. The molecule has 3 nitrogen and oxygen atoms in total.